The molecule has 102 valence electrons. The van der Waals surface area contributed by atoms with Crippen LogP contribution in [-0.2, 0) is 9.59 Å². The number of nitrogens with one attached hydrogen (secondary N) is 1. The van der Waals surface area contributed by atoms with Gasteiger partial charge in [-0.25, -0.2) is 0 Å². The molecular weight excluding hydrogens is 228 g/mol. The van der Waals surface area contributed by atoms with Crippen molar-refractivity contribution >= 4 is 11.8 Å². The lowest BCUT2D eigenvalue weighted by atomic mass is 9.94. The van der Waals surface area contributed by atoms with Crippen LogP contribution in [0.3, 0.4) is 0 Å². The lowest BCUT2D eigenvalue weighted by Crippen LogP contribution is -2.66. The summed E-state index contributed by atoms with van der Waals surface area (Å²) in [6.45, 7) is 8.03. The summed E-state index contributed by atoms with van der Waals surface area (Å²) in [4.78, 5) is 26.4. The predicted molar refractivity (Wildman–Crippen MR) is 69.9 cm³/mol. The summed E-state index contributed by atoms with van der Waals surface area (Å²) < 4.78 is 0. The molecule has 1 saturated carbocycles. The number of hydrogen-bond donors (Lipinski definition) is 1. The van der Waals surface area contributed by atoms with Crippen LogP contribution in [0.25, 0.3) is 0 Å². The van der Waals surface area contributed by atoms with Crippen molar-refractivity contribution in [1.82, 2.24) is 10.2 Å². The number of piperazine rings is 1. The van der Waals surface area contributed by atoms with Gasteiger partial charge in [0.05, 0.1) is 0 Å². The minimum atomic E-state index is -0.372. The molecular formula is C14H24N2O2. The quantitative estimate of drug-likeness (QED) is 0.810. The van der Waals surface area contributed by atoms with Crippen LogP contribution in [0.2, 0.25) is 0 Å². The fraction of sp³-hybridized carbons (Fsp3) is 0.857. The van der Waals surface area contributed by atoms with Gasteiger partial charge in [0.2, 0.25) is 11.8 Å². The zero-order valence-electron chi connectivity index (χ0n) is 11.8. The molecule has 4 unspecified atom stereocenters. The van der Waals surface area contributed by atoms with Gasteiger partial charge in [-0.2, -0.15) is 0 Å². The zero-order chi connectivity index (χ0) is 13.4. The summed E-state index contributed by atoms with van der Waals surface area (Å²) >= 11 is 0. The number of carbonyl (C=O) groups excluding carboxylic acids is 2. The minimum Gasteiger partial charge on any atom is -0.343 e. The summed E-state index contributed by atoms with van der Waals surface area (Å²) in [7, 11) is 0. The molecule has 2 fully saturated rings. The molecule has 18 heavy (non-hydrogen) atoms. The molecule has 1 aliphatic carbocycles. The second-order valence-electron chi connectivity index (χ2n) is 6.24. The third-order valence-electron chi connectivity index (χ3n) is 4.24. The Hall–Kier alpha value is -1.06. The maximum absolute atomic E-state index is 12.4. The summed E-state index contributed by atoms with van der Waals surface area (Å²) in [6, 6.07) is -0.402. The standard InChI is InChI=1S/C14H24N2O2/c1-8(2)12-13(17)15-10(4)14(18)16(12)11-6-5-9(3)7-11/h8-12H,5-7H2,1-4H3,(H,15,17). The van der Waals surface area contributed by atoms with E-state index < -0.39 is 0 Å². The molecule has 0 aromatic heterocycles. The molecule has 1 heterocycles. The summed E-state index contributed by atoms with van der Waals surface area (Å²) in [6.07, 6.45) is 3.24. The van der Waals surface area contributed by atoms with Crippen molar-refractivity contribution in [2.24, 2.45) is 11.8 Å². The first-order chi connectivity index (χ1) is 8.41. The van der Waals surface area contributed by atoms with Crippen molar-refractivity contribution in [3.63, 3.8) is 0 Å². The molecule has 1 saturated heterocycles. The van der Waals surface area contributed by atoms with Crippen LogP contribution in [0.4, 0.5) is 0 Å². The van der Waals surface area contributed by atoms with Crippen LogP contribution in [0.15, 0.2) is 0 Å². The molecule has 4 atom stereocenters. The molecule has 1 aliphatic heterocycles. The second kappa shape index (κ2) is 4.90. The van der Waals surface area contributed by atoms with Crippen LogP contribution >= 0.6 is 0 Å². The highest BCUT2D eigenvalue weighted by Gasteiger charge is 2.44. The summed E-state index contributed by atoms with van der Waals surface area (Å²) in [5, 5.41) is 2.79. The van der Waals surface area contributed by atoms with E-state index in [1.165, 1.54) is 0 Å². The van der Waals surface area contributed by atoms with E-state index in [0.717, 1.165) is 19.3 Å². The van der Waals surface area contributed by atoms with Gasteiger partial charge in [-0.15, -0.1) is 0 Å². The molecule has 1 N–H and O–H groups in total. The summed E-state index contributed by atoms with van der Waals surface area (Å²) in [5.41, 5.74) is 0. The average molecular weight is 252 g/mol. The smallest absolute Gasteiger partial charge is 0.245 e. The van der Waals surface area contributed by atoms with Gasteiger partial charge in [0.15, 0.2) is 0 Å². The van der Waals surface area contributed by atoms with E-state index in [2.05, 4.69) is 12.2 Å². The van der Waals surface area contributed by atoms with Gasteiger partial charge in [0, 0.05) is 6.04 Å². The molecule has 2 aliphatic rings. The molecule has 4 heteroatoms. The maximum atomic E-state index is 12.4. The van der Waals surface area contributed by atoms with Gasteiger partial charge >= 0.3 is 0 Å². The van der Waals surface area contributed by atoms with E-state index in [9.17, 15) is 9.59 Å². The van der Waals surface area contributed by atoms with E-state index in [1.54, 1.807) is 6.92 Å². The average Bonchev–Trinajstić information content (AvgIpc) is 2.69. The first kappa shape index (κ1) is 13.4. The number of hydrogen-bond acceptors (Lipinski definition) is 2. The Kier molecular flexibility index (Phi) is 3.64. The maximum Gasteiger partial charge on any atom is 0.245 e. The highest BCUT2D eigenvalue weighted by Crippen LogP contribution is 2.33. The number of amides is 2. The third kappa shape index (κ3) is 2.25. The van der Waals surface area contributed by atoms with Gasteiger partial charge in [0.25, 0.3) is 0 Å². The minimum absolute atomic E-state index is 0.0108. The Bertz CT molecular complexity index is 354. The van der Waals surface area contributed by atoms with Gasteiger partial charge < -0.3 is 10.2 Å². The number of nitrogens with zero attached hydrogens (tertiary/aromatic N) is 1. The van der Waals surface area contributed by atoms with Crippen LogP contribution in [0.1, 0.15) is 47.0 Å². The summed E-state index contributed by atoms with van der Waals surface area (Å²) in [5.74, 6) is 0.928. The fourth-order valence-corrected chi connectivity index (χ4v) is 3.31. The van der Waals surface area contributed by atoms with E-state index >= 15 is 0 Å². The number of carbonyl (C=O) groups is 2. The molecule has 4 nitrogen and oxygen atoms in total. The lowest BCUT2D eigenvalue weighted by Gasteiger charge is -2.43. The first-order valence-corrected chi connectivity index (χ1v) is 7.04. The molecule has 0 bridgehead atoms. The Morgan fingerprint density at radius 1 is 1.22 bits per heavy atom. The monoisotopic (exact) mass is 252 g/mol. The topological polar surface area (TPSA) is 49.4 Å². The molecule has 0 radical (unpaired) electrons. The van der Waals surface area contributed by atoms with E-state index in [1.807, 2.05) is 18.7 Å². The Labute approximate surface area is 109 Å². The van der Waals surface area contributed by atoms with Crippen molar-refractivity contribution in [3.8, 4) is 0 Å². The van der Waals surface area contributed by atoms with Gasteiger partial charge in [-0.3, -0.25) is 9.59 Å². The highest BCUT2D eigenvalue weighted by atomic mass is 16.2. The van der Waals surface area contributed by atoms with E-state index in [0.29, 0.717) is 5.92 Å². The first-order valence-electron chi connectivity index (χ1n) is 7.04. The van der Waals surface area contributed by atoms with Crippen LogP contribution in [0, 0.1) is 11.8 Å². The van der Waals surface area contributed by atoms with Crippen LogP contribution in [0.5, 0.6) is 0 Å². The highest BCUT2D eigenvalue weighted by molar-refractivity contribution is 5.97. The zero-order valence-corrected chi connectivity index (χ0v) is 11.8. The Balaban J connectivity index is 2.25. The van der Waals surface area contributed by atoms with Crippen molar-refractivity contribution < 1.29 is 9.59 Å². The molecule has 2 rings (SSSR count). The van der Waals surface area contributed by atoms with Gasteiger partial charge in [-0.1, -0.05) is 20.8 Å². The normalized spacial score (nSPS) is 37.3. The van der Waals surface area contributed by atoms with Crippen LogP contribution in [-0.4, -0.2) is 34.8 Å². The third-order valence-corrected chi connectivity index (χ3v) is 4.24. The van der Waals surface area contributed by atoms with E-state index in [4.69, 9.17) is 0 Å². The SMILES string of the molecule is CC1CCC(N2C(=O)C(C)NC(=O)C2C(C)C)C1. The van der Waals surface area contributed by atoms with Gasteiger partial charge in [-0.05, 0) is 38.0 Å². The molecule has 0 aromatic carbocycles. The fourth-order valence-electron chi connectivity index (χ4n) is 3.31. The Morgan fingerprint density at radius 2 is 1.89 bits per heavy atom. The predicted octanol–water partition coefficient (Wildman–Crippen LogP) is 1.55. The second-order valence-corrected chi connectivity index (χ2v) is 6.24. The Morgan fingerprint density at radius 3 is 2.39 bits per heavy atom. The largest absolute Gasteiger partial charge is 0.343 e. The lowest BCUT2D eigenvalue weighted by molar-refractivity contribution is -0.153. The van der Waals surface area contributed by atoms with Crippen molar-refractivity contribution in [2.75, 3.05) is 0 Å². The van der Waals surface area contributed by atoms with Crippen LogP contribution < -0.4 is 5.32 Å². The van der Waals surface area contributed by atoms with E-state index in [-0.39, 0.29) is 35.9 Å². The van der Waals surface area contributed by atoms with Gasteiger partial charge in [0.1, 0.15) is 12.1 Å². The number of rotatable bonds is 2. The molecule has 0 aromatic rings. The molecule has 0 spiro atoms. The molecule has 2 amide bonds. The van der Waals surface area contributed by atoms with Crippen molar-refractivity contribution in [1.29, 1.82) is 0 Å². The van der Waals surface area contributed by atoms with Crippen molar-refractivity contribution in [3.05, 3.63) is 0 Å². The van der Waals surface area contributed by atoms with Crippen molar-refractivity contribution in [2.45, 2.75) is 65.1 Å².